The van der Waals surface area contributed by atoms with E-state index in [4.69, 9.17) is 11.6 Å². The van der Waals surface area contributed by atoms with Gasteiger partial charge in [0.25, 0.3) is 15.9 Å². The average Bonchev–Trinajstić information content (AvgIpc) is 2.61. The number of carbonyl (C=O) groups excluding carboxylic acids is 2. The van der Waals surface area contributed by atoms with Crippen molar-refractivity contribution in [2.75, 3.05) is 25.4 Å². The third-order valence-electron chi connectivity index (χ3n) is 3.51. The molecule has 0 aliphatic heterocycles. The summed E-state index contributed by atoms with van der Waals surface area (Å²) >= 11 is 5.97. The number of carbonyl (C=O) groups is 2. The van der Waals surface area contributed by atoms with Crippen LogP contribution in [0.25, 0.3) is 0 Å². The van der Waals surface area contributed by atoms with Gasteiger partial charge in [0.2, 0.25) is 5.91 Å². The van der Waals surface area contributed by atoms with Crippen LogP contribution >= 0.6 is 11.6 Å². The van der Waals surface area contributed by atoms with Crippen molar-refractivity contribution in [2.24, 2.45) is 0 Å². The molecule has 27 heavy (non-hydrogen) atoms. The molecule has 0 radical (unpaired) electrons. The molecule has 2 aromatic rings. The molecule has 0 atom stereocenters. The molecule has 0 fully saturated rings. The van der Waals surface area contributed by atoms with Crippen LogP contribution in [-0.2, 0) is 14.8 Å². The number of likely N-dealkylation sites (N-methyl/N-ethyl adjacent to an activating group) is 1. The summed E-state index contributed by atoms with van der Waals surface area (Å²) in [7, 11) is -1.10. The summed E-state index contributed by atoms with van der Waals surface area (Å²) in [5, 5.41) is 2.38. The molecule has 0 spiro atoms. The van der Waals surface area contributed by atoms with E-state index in [0.717, 1.165) is 12.1 Å². The SMILES string of the molecule is CN(C)C(=O)CNC(=O)c1cc(S(=O)(=O)Nc2ccccc2F)ccc1Cl. The van der Waals surface area contributed by atoms with Gasteiger partial charge in [0.1, 0.15) is 5.82 Å². The van der Waals surface area contributed by atoms with Gasteiger partial charge in [0.05, 0.1) is 27.7 Å². The van der Waals surface area contributed by atoms with Gasteiger partial charge < -0.3 is 10.2 Å². The van der Waals surface area contributed by atoms with Crippen molar-refractivity contribution in [3.8, 4) is 0 Å². The number of nitrogens with one attached hydrogen (secondary N) is 2. The second kappa shape index (κ2) is 8.36. The first kappa shape index (κ1) is 20.7. The molecular formula is C17H17ClFN3O4S. The molecule has 0 aliphatic rings. The van der Waals surface area contributed by atoms with Gasteiger partial charge in [-0.3, -0.25) is 14.3 Å². The minimum absolute atomic E-state index is 0.00893. The maximum Gasteiger partial charge on any atom is 0.262 e. The van der Waals surface area contributed by atoms with Gasteiger partial charge in [-0.05, 0) is 30.3 Å². The number of anilines is 1. The van der Waals surface area contributed by atoms with Crippen molar-refractivity contribution in [3.05, 3.63) is 58.9 Å². The number of hydrogen-bond acceptors (Lipinski definition) is 4. The van der Waals surface area contributed by atoms with Crippen LogP contribution < -0.4 is 10.0 Å². The Morgan fingerprint density at radius 1 is 1.15 bits per heavy atom. The lowest BCUT2D eigenvalue weighted by Gasteiger charge is -2.13. The molecule has 2 rings (SSSR count). The molecule has 0 saturated heterocycles. The number of amides is 2. The Labute approximate surface area is 161 Å². The normalized spacial score (nSPS) is 11.0. The molecule has 0 unspecified atom stereocenters. The van der Waals surface area contributed by atoms with E-state index in [9.17, 15) is 22.4 Å². The van der Waals surface area contributed by atoms with E-state index in [0.29, 0.717) is 0 Å². The van der Waals surface area contributed by atoms with Crippen molar-refractivity contribution in [2.45, 2.75) is 4.90 Å². The molecule has 0 saturated carbocycles. The fraction of sp³-hybridized carbons (Fsp3) is 0.176. The third-order valence-corrected chi connectivity index (χ3v) is 5.20. The fourth-order valence-corrected chi connectivity index (χ4v) is 3.30. The van der Waals surface area contributed by atoms with Crippen molar-refractivity contribution in [1.82, 2.24) is 10.2 Å². The molecule has 2 amide bonds. The van der Waals surface area contributed by atoms with Crippen molar-refractivity contribution >= 4 is 39.1 Å². The number of para-hydroxylation sites is 1. The summed E-state index contributed by atoms with van der Waals surface area (Å²) in [5.74, 6) is -1.79. The molecule has 0 heterocycles. The van der Waals surface area contributed by atoms with Crippen molar-refractivity contribution in [3.63, 3.8) is 0 Å². The van der Waals surface area contributed by atoms with Crippen LogP contribution in [0, 0.1) is 5.82 Å². The molecule has 0 aromatic heterocycles. The molecule has 2 aromatic carbocycles. The Kier molecular flexibility index (Phi) is 6.40. The number of nitrogens with zero attached hydrogens (tertiary/aromatic N) is 1. The highest BCUT2D eigenvalue weighted by atomic mass is 35.5. The predicted molar refractivity (Wildman–Crippen MR) is 99.7 cm³/mol. The number of hydrogen-bond donors (Lipinski definition) is 2. The molecule has 10 heteroatoms. The lowest BCUT2D eigenvalue weighted by Crippen LogP contribution is -2.36. The lowest BCUT2D eigenvalue weighted by molar-refractivity contribution is -0.127. The maximum absolute atomic E-state index is 13.7. The van der Waals surface area contributed by atoms with Crippen LogP contribution in [-0.4, -0.2) is 45.8 Å². The minimum atomic E-state index is -4.16. The third kappa shape index (κ3) is 5.18. The summed E-state index contributed by atoms with van der Waals surface area (Å²) < 4.78 is 40.8. The summed E-state index contributed by atoms with van der Waals surface area (Å²) in [6.45, 7) is -0.271. The summed E-state index contributed by atoms with van der Waals surface area (Å²) in [5.41, 5.74) is -0.352. The van der Waals surface area contributed by atoms with E-state index in [2.05, 4.69) is 10.0 Å². The van der Waals surface area contributed by atoms with Gasteiger partial charge in [-0.2, -0.15) is 0 Å². The first-order chi connectivity index (χ1) is 12.6. The van der Waals surface area contributed by atoms with Crippen LogP contribution in [0.2, 0.25) is 5.02 Å². The minimum Gasteiger partial charge on any atom is -0.347 e. The molecule has 7 nitrogen and oxygen atoms in total. The predicted octanol–water partition coefficient (Wildman–Crippen LogP) is 2.10. The average molecular weight is 414 g/mol. The summed E-state index contributed by atoms with van der Waals surface area (Å²) in [4.78, 5) is 24.8. The van der Waals surface area contributed by atoms with E-state index in [1.165, 1.54) is 49.3 Å². The van der Waals surface area contributed by atoms with E-state index < -0.39 is 21.7 Å². The monoisotopic (exact) mass is 413 g/mol. The number of sulfonamides is 1. The van der Waals surface area contributed by atoms with Gasteiger partial charge in [0, 0.05) is 14.1 Å². The highest BCUT2D eigenvalue weighted by molar-refractivity contribution is 7.92. The van der Waals surface area contributed by atoms with Crippen LogP contribution in [0.4, 0.5) is 10.1 Å². The Morgan fingerprint density at radius 2 is 1.81 bits per heavy atom. The molecule has 2 N–H and O–H groups in total. The Balaban J connectivity index is 2.26. The second-order valence-electron chi connectivity index (χ2n) is 5.70. The van der Waals surface area contributed by atoms with Crippen LogP contribution in [0.1, 0.15) is 10.4 Å². The fourth-order valence-electron chi connectivity index (χ4n) is 2.00. The van der Waals surface area contributed by atoms with Gasteiger partial charge in [-0.15, -0.1) is 0 Å². The largest absolute Gasteiger partial charge is 0.347 e. The molecule has 144 valence electrons. The standard InChI is InChI=1S/C17H17ClFN3O4S/c1-22(2)16(23)10-20-17(24)12-9-11(7-8-13(12)18)27(25,26)21-15-6-4-3-5-14(15)19/h3-9,21H,10H2,1-2H3,(H,20,24). The summed E-state index contributed by atoms with van der Waals surface area (Å²) in [6, 6.07) is 8.76. The zero-order chi connectivity index (χ0) is 20.2. The van der Waals surface area contributed by atoms with Crippen LogP contribution in [0.3, 0.4) is 0 Å². The highest BCUT2D eigenvalue weighted by Gasteiger charge is 2.20. The van der Waals surface area contributed by atoms with E-state index >= 15 is 0 Å². The zero-order valence-corrected chi connectivity index (χ0v) is 16.1. The molecule has 0 bridgehead atoms. The Hall–Kier alpha value is -2.65. The van der Waals surface area contributed by atoms with E-state index in [1.807, 2.05) is 0 Å². The zero-order valence-electron chi connectivity index (χ0n) is 14.5. The molecular weight excluding hydrogens is 397 g/mol. The number of benzene rings is 2. The van der Waals surface area contributed by atoms with Crippen molar-refractivity contribution in [1.29, 1.82) is 0 Å². The quantitative estimate of drug-likeness (QED) is 0.758. The smallest absolute Gasteiger partial charge is 0.262 e. The van der Waals surface area contributed by atoms with Crippen LogP contribution in [0.5, 0.6) is 0 Å². The Bertz CT molecular complexity index is 980. The Morgan fingerprint density at radius 3 is 2.44 bits per heavy atom. The van der Waals surface area contributed by atoms with Gasteiger partial charge in [-0.25, -0.2) is 12.8 Å². The van der Waals surface area contributed by atoms with E-state index in [1.54, 1.807) is 0 Å². The first-order valence-electron chi connectivity index (χ1n) is 7.67. The topological polar surface area (TPSA) is 95.6 Å². The van der Waals surface area contributed by atoms with Gasteiger partial charge >= 0.3 is 0 Å². The first-order valence-corrected chi connectivity index (χ1v) is 9.53. The van der Waals surface area contributed by atoms with Crippen LogP contribution in [0.15, 0.2) is 47.4 Å². The number of halogens is 2. The lowest BCUT2D eigenvalue weighted by atomic mass is 10.2. The second-order valence-corrected chi connectivity index (χ2v) is 7.79. The van der Waals surface area contributed by atoms with E-state index in [-0.39, 0.29) is 33.6 Å². The van der Waals surface area contributed by atoms with Gasteiger partial charge in [-0.1, -0.05) is 23.7 Å². The van der Waals surface area contributed by atoms with Gasteiger partial charge in [0.15, 0.2) is 0 Å². The number of rotatable bonds is 6. The summed E-state index contributed by atoms with van der Waals surface area (Å²) in [6.07, 6.45) is 0. The highest BCUT2D eigenvalue weighted by Crippen LogP contribution is 2.23. The maximum atomic E-state index is 13.7. The molecule has 0 aliphatic carbocycles. The van der Waals surface area contributed by atoms with Crippen molar-refractivity contribution < 1.29 is 22.4 Å².